The molecular formula is C21H34N4O3. The minimum absolute atomic E-state index is 0.387. The van der Waals surface area contributed by atoms with Crippen molar-refractivity contribution in [2.24, 2.45) is 4.99 Å². The van der Waals surface area contributed by atoms with Crippen LogP contribution in [0.2, 0.25) is 0 Å². The molecule has 1 aliphatic heterocycles. The van der Waals surface area contributed by atoms with Crippen molar-refractivity contribution in [1.29, 1.82) is 0 Å². The van der Waals surface area contributed by atoms with E-state index in [2.05, 4.69) is 20.9 Å². The van der Waals surface area contributed by atoms with Crippen LogP contribution in [0.5, 0.6) is 0 Å². The molecule has 1 aromatic carbocycles. The molecule has 1 aliphatic rings. The third kappa shape index (κ3) is 8.61. The number of anilines is 1. The van der Waals surface area contributed by atoms with Crippen molar-refractivity contribution in [2.75, 3.05) is 32.1 Å². The summed E-state index contributed by atoms with van der Waals surface area (Å²) in [7, 11) is 1.78. The first-order valence-electron chi connectivity index (χ1n) is 10.0. The van der Waals surface area contributed by atoms with Crippen LogP contribution >= 0.6 is 0 Å². The van der Waals surface area contributed by atoms with Gasteiger partial charge in [0.05, 0.1) is 6.10 Å². The highest BCUT2D eigenvalue weighted by atomic mass is 16.6. The second-order valence-corrected chi connectivity index (χ2v) is 7.92. The van der Waals surface area contributed by atoms with Gasteiger partial charge in [0.1, 0.15) is 5.60 Å². The van der Waals surface area contributed by atoms with E-state index < -0.39 is 11.7 Å². The van der Waals surface area contributed by atoms with Gasteiger partial charge in [-0.3, -0.25) is 10.3 Å². The largest absolute Gasteiger partial charge is 0.444 e. The molecule has 1 fully saturated rings. The molecule has 156 valence electrons. The van der Waals surface area contributed by atoms with Gasteiger partial charge < -0.3 is 20.1 Å². The molecule has 1 atom stereocenters. The maximum Gasteiger partial charge on any atom is 0.412 e. The summed E-state index contributed by atoms with van der Waals surface area (Å²) in [5.74, 6) is 0.807. The van der Waals surface area contributed by atoms with Crippen LogP contribution in [0.25, 0.3) is 0 Å². The van der Waals surface area contributed by atoms with Crippen molar-refractivity contribution in [3.63, 3.8) is 0 Å². The van der Waals surface area contributed by atoms with E-state index in [0.29, 0.717) is 6.10 Å². The maximum absolute atomic E-state index is 11.8. The molecule has 7 nitrogen and oxygen atoms in total. The highest BCUT2D eigenvalue weighted by Gasteiger charge is 2.16. The summed E-state index contributed by atoms with van der Waals surface area (Å²) < 4.78 is 10.9. The minimum atomic E-state index is -0.508. The molecule has 1 heterocycles. The fourth-order valence-corrected chi connectivity index (χ4v) is 2.95. The van der Waals surface area contributed by atoms with E-state index >= 15 is 0 Å². The number of amides is 1. The number of hydrogen-bond acceptors (Lipinski definition) is 4. The van der Waals surface area contributed by atoms with E-state index in [4.69, 9.17) is 9.47 Å². The summed E-state index contributed by atoms with van der Waals surface area (Å²) in [5, 5.41) is 9.39. The SMILES string of the molecule is CN=C(NCCc1ccc(NC(=O)OC(C)(C)C)cc1)NCCC1CCCO1. The van der Waals surface area contributed by atoms with Gasteiger partial charge in [-0.25, -0.2) is 4.79 Å². The molecule has 2 rings (SSSR count). The molecule has 0 bridgehead atoms. The number of nitrogens with one attached hydrogen (secondary N) is 3. The van der Waals surface area contributed by atoms with Crippen molar-refractivity contribution in [3.8, 4) is 0 Å². The Morgan fingerprint density at radius 3 is 2.54 bits per heavy atom. The number of guanidine groups is 1. The molecule has 0 radical (unpaired) electrons. The number of hydrogen-bond donors (Lipinski definition) is 3. The van der Waals surface area contributed by atoms with Gasteiger partial charge in [-0.1, -0.05) is 12.1 Å². The number of ether oxygens (including phenoxy) is 2. The van der Waals surface area contributed by atoms with Crippen LogP contribution < -0.4 is 16.0 Å². The summed E-state index contributed by atoms with van der Waals surface area (Å²) >= 11 is 0. The maximum atomic E-state index is 11.8. The molecule has 0 aliphatic carbocycles. The third-order valence-electron chi connectivity index (χ3n) is 4.31. The lowest BCUT2D eigenvalue weighted by atomic mass is 10.1. The fraction of sp³-hybridized carbons (Fsp3) is 0.619. The van der Waals surface area contributed by atoms with Crippen LogP contribution in [0.3, 0.4) is 0 Å². The highest BCUT2D eigenvalue weighted by molar-refractivity contribution is 5.84. The summed E-state index contributed by atoms with van der Waals surface area (Å²) in [6.07, 6.45) is 4.14. The van der Waals surface area contributed by atoms with Crippen LogP contribution in [0.4, 0.5) is 10.5 Å². The summed E-state index contributed by atoms with van der Waals surface area (Å²) in [6.45, 7) is 8.05. The van der Waals surface area contributed by atoms with Crippen LogP contribution in [0.1, 0.15) is 45.6 Å². The monoisotopic (exact) mass is 390 g/mol. The van der Waals surface area contributed by atoms with E-state index in [1.165, 1.54) is 12.0 Å². The Bertz CT molecular complexity index is 632. The van der Waals surface area contributed by atoms with Crippen molar-refractivity contribution in [3.05, 3.63) is 29.8 Å². The van der Waals surface area contributed by atoms with Crippen molar-refractivity contribution < 1.29 is 14.3 Å². The van der Waals surface area contributed by atoms with Crippen LogP contribution in [-0.4, -0.2) is 50.5 Å². The predicted molar refractivity (Wildman–Crippen MR) is 113 cm³/mol. The van der Waals surface area contributed by atoms with Gasteiger partial charge in [-0.05, 0) is 64.2 Å². The molecule has 7 heteroatoms. The zero-order valence-electron chi connectivity index (χ0n) is 17.5. The summed E-state index contributed by atoms with van der Waals surface area (Å²) in [5.41, 5.74) is 1.39. The summed E-state index contributed by atoms with van der Waals surface area (Å²) in [4.78, 5) is 16.0. The molecular weight excluding hydrogens is 356 g/mol. The number of nitrogens with zero attached hydrogens (tertiary/aromatic N) is 1. The Morgan fingerprint density at radius 2 is 1.93 bits per heavy atom. The lowest BCUT2D eigenvalue weighted by Crippen LogP contribution is -2.39. The number of carbonyl (C=O) groups is 1. The number of benzene rings is 1. The van der Waals surface area contributed by atoms with Crippen LogP contribution in [-0.2, 0) is 15.9 Å². The van der Waals surface area contributed by atoms with Crippen molar-refractivity contribution in [2.45, 2.75) is 58.2 Å². The van der Waals surface area contributed by atoms with Gasteiger partial charge >= 0.3 is 6.09 Å². The molecule has 0 saturated carbocycles. The molecule has 1 aromatic rings. The highest BCUT2D eigenvalue weighted by Crippen LogP contribution is 2.14. The zero-order chi connectivity index (χ0) is 20.4. The molecule has 0 aromatic heterocycles. The molecule has 28 heavy (non-hydrogen) atoms. The number of aliphatic imine (C=N–C) groups is 1. The second-order valence-electron chi connectivity index (χ2n) is 7.92. The molecule has 1 saturated heterocycles. The van der Waals surface area contributed by atoms with Crippen LogP contribution in [0.15, 0.2) is 29.3 Å². The zero-order valence-corrected chi connectivity index (χ0v) is 17.5. The van der Waals surface area contributed by atoms with Gasteiger partial charge in [0.25, 0.3) is 0 Å². The standard InChI is InChI=1S/C21H34N4O3/c1-21(2,3)28-20(26)25-17-9-7-16(8-10-17)11-13-23-19(22-4)24-14-12-18-6-5-15-27-18/h7-10,18H,5-6,11-15H2,1-4H3,(H,25,26)(H2,22,23,24). The smallest absolute Gasteiger partial charge is 0.412 e. The first kappa shape index (κ1) is 22.0. The Labute approximate surface area is 168 Å². The van der Waals surface area contributed by atoms with E-state index in [-0.39, 0.29) is 0 Å². The quantitative estimate of drug-likeness (QED) is 0.491. The lowest BCUT2D eigenvalue weighted by Gasteiger charge is -2.19. The normalized spacial score (nSPS) is 17.3. The van der Waals surface area contributed by atoms with Crippen LogP contribution in [0, 0.1) is 0 Å². The molecule has 0 spiro atoms. The van der Waals surface area contributed by atoms with E-state index in [0.717, 1.165) is 50.6 Å². The second kappa shape index (κ2) is 10.9. The first-order chi connectivity index (χ1) is 13.4. The van der Waals surface area contributed by atoms with Crippen molar-refractivity contribution >= 4 is 17.7 Å². The summed E-state index contributed by atoms with van der Waals surface area (Å²) in [6, 6.07) is 7.77. The minimum Gasteiger partial charge on any atom is -0.444 e. The van der Waals surface area contributed by atoms with E-state index in [1.807, 2.05) is 45.0 Å². The molecule has 1 amide bonds. The van der Waals surface area contributed by atoms with Gasteiger partial charge in [0.15, 0.2) is 5.96 Å². The predicted octanol–water partition coefficient (Wildman–Crippen LogP) is 3.31. The van der Waals surface area contributed by atoms with Gasteiger partial charge in [0.2, 0.25) is 0 Å². The van der Waals surface area contributed by atoms with E-state index in [9.17, 15) is 4.79 Å². The Balaban J connectivity index is 1.66. The van der Waals surface area contributed by atoms with Crippen molar-refractivity contribution in [1.82, 2.24) is 10.6 Å². The Kier molecular flexibility index (Phi) is 8.57. The first-order valence-corrected chi connectivity index (χ1v) is 10.0. The Morgan fingerprint density at radius 1 is 1.21 bits per heavy atom. The number of carbonyl (C=O) groups excluding carboxylic acids is 1. The molecule has 1 unspecified atom stereocenters. The Hall–Kier alpha value is -2.28. The topological polar surface area (TPSA) is 84.0 Å². The van der Waals surface area contributed by atoms with Gasteiger partial charge in [0, 0.05) is 32.4 Å². The van der Waals surface area contributed by atoms with Gasteiger partial charge in [-0.2, -0.15) is 0 Å². The van der Waals surface area contributed by atoms with Gasteiger partial charge in [-0.15, -0.1) is 0 Å². The van der Waals surface area contributed by atoms with E-state index in [1.54, 1.807) is 7.05 Å². The molecule has 3 N–H and O–H groups in total. The fourth-order valence-electron chi connectivity index (χ4n) is 2.95. The average Bonchev–Trinajstić information content (AvgIpc) is 3.13. The number of rotatable bonds is 7. The lowest BCUT2D eigenvalue weighted by molar-refractivity contribution is 0.0636. The average molecular weight is 391 g/mol. The third-order valence-corrected chi connectivity index (χ3v) is 4.31.